The minimum atomic E-state index is -0.640. The number of nitrogens with zero attached hydrogens (tertiary/aromatic N) is 1. The number of esters is 1. The van der Waals surface area contributed by atoms with Crippen LogP contribution in [0.25, 0.3) is 6.08 Å². The normalized spacial score (nSPS) is 15.0. The van der Waals surface area contributed by atoms with Crippen LogP contribution in [-0.4, -0.2) is 48.9 Å². The third kappa shape index (κ3) is 5.05. The van der Waals surface area contributed by atoms with E-state index in [-0.39, 0.29) is 18.1 Å². The van der Waals surface area contributed by atoms with Gasteiger partial charge in [0.05, 0.1) is 18.6 Å². The third-order valence-corrected chi connectivity index (χ3v) is 4.94. The standard InChI is InChI=1S/C18H16BrNO6S/c1-4-6-26-14-9-12(19)11(7-13(14)24-3)8-15-17(22)20(18(23)27-15)10-16(21)25-5-2/h1,7-9H,5-6,10H2,2-3H3/b15-8-. The highest BCUT2D eigenvalue weighted by Gasteiger charge is 2.36. The zero-order valence-corrected chi connectivity index (χ0v) is 17.0. The molecule has 0 saturated carbocycles. The smallest absolute Gasteiger partial charge is 0.326 e. The van der Waals surface area contributed by atoms with E-state index in [1.54, 1.807) is 19.1 Å². The molecule has 0 aromatic heterocycles. The number of amides is 2. The predicted octanol–water partition coefficient (Wildman–Crippen LogP) is 3.07. The monoisotopic (exact) mass is 453 g/mol. The van der Waals surface area contributed by atoms with Gasteiger partial charge in [-0.3, -0.25) is 19.3 Å². The van der Waals surface area contributed by atoms with Gasteiger partial charge in [0.2, 0.25) is 0 Å². The van der Waals surface area contributed by atoms with Crippen molar-refractivity contribution in [3.63, 3.8) is 0 Å². The van der Waals surface area contributed by atoms with Gasteiger partial charge in [0.1, 0.15) is 13.2 Å². The van der Waals surface area contributed by atoms with Crippen LogP contribution in [0.15, 0.2) is 21.5 Å². The molecule has 27 heavy (non-hydrogen) atoms. The maximum Gasteiger partial charge on any atom is 0.326 e. The topological polar surface area (TPSA) is 82.1 Å². The van der Waals surface area contributed by atoms with E-state index < -0.39 is 23.7 Å². The number of thioether (sulfide) groups is 1. The van der Waals surface area contributed by atoms with Crippen LogP contribution in [0.3, 0.4) is 0 Å². The molecule has 1 fully saturated rings. The zero-order valence-electron chi connectivity index (χ0n) is 14.6. The van der Waals surface area contributed by atoms with Gasteiger partial charge in [-0.1, -0.05) is 21.9 Å². The number of imide groups is 1. The van der Waals surface area contributed by atoms with Crippen molar-refractivity contribution in [3.05, 3.63) is 27.1 Å². The van der Waals surface area contributed by atoms with E-state index in [9.17, 15) is 14.4 Å². The summed E-state index contributed by atoms with van der Waals surface area (Å²) in [4.78, 5) is 37.1. The number of rotatable bonds is 7. The minimum Gasteiger partial charge on any atom is -0.493 e. The highest BCUT2D eigenvalue weighted by atomic mass is 79.9. The molecule has 0 spiro atoms. The van der Waals surface area contributed by atoms with Crippen molar-refractivity contribution in [2.24, 2.45) is 0 Å². The second-order valence-corrected chi connectivity index (χ2v) is 6.94. The Morgan fingerprint density at radius 2 is 2.11 bits per heavy atom. The Bertz CT molecular complexity index is 845. The second kappa shape index (κ2) is 9.48. The maximum atomic E-state index is 12.4. The quantitative estimate of drug-likeness (QED) is 0.356. The van der Waals surface area contributed by atoms with E-state index in [1.807, 2.05) is 0 Å². The highest BCUT2D eigenvalue weighted by Crippen LogP contribution is 2.37. The van der Waals surface area contributed by atoms with Crippen LogP contribution < -0.4 is 9.47 Å². The first-order valence-electron chi connectivity index (χ1n) is 7.76. The Hall–Kier alpha value is -2.44. The SMILES string of the molecule is C#CCOc1cc(Br)c(/C=C2\SC(=O)N(CC(=O)OCC)C2=O)cc1OC. The van der Waals surface area contributed by atoms with Crippen molar-refractivity contribution >= 4 is 50.9 Å². The van der Waals surface area contributed by atoms with Crippen LogP contribution in [-0.2, 0) is 14.3 Å². The molecular formula is C18H16BrNO6S. The van der Waals surface area contributed by atoms with Gasteiger partial charge in [0, 0.05) is 4.47 Å². The molecule has 0 N–H and O–H groups in total. The lowest BCUT2D eigenvalue weighted by Gasteiger charge is -2.12. The number of carbonyl (C=O) groups is 3. The molecule has 1 aromatic rings. The number of methoxy groups -OCH3 is 1. The molecule has 2 rings (SSSR count). The third-order valence-electron chi connectivity index (χ3n) is 3.35. The fraction of sp³-hybridized carbons (Fsp3) is 0.278. The summed E-state index contributed by atoms with van der Waals surface area (Å²) in [6, 6.07) is 3.31. The van der Waals surface area contributed by atoms with Gasteiger partial charge in [-0.2, -0.15) is 0 Å². The fourth-order valence-corrected chi connectivity index (χ4v) is 3.43. The Labute approximate surface area is 169 Å². The molecule has 1 aliphatic heterocycles. The van der Waals surface area contributed by atoms with Gasteiger partial charge >= 0.3 is 5.97 Å². The van der Waals surface area contributed by atoms with Crippen molar-refractivity contribution in [2.75, 3.05) is 26.9 Å². The number of halogens is 1. The van der Waals surface area contributed by atoms with Crippen molar-refractivity contribution in [1.29, 1.82) is 0 Å². The summed E-state index contributed by atoms with van der Waals surface area (Å²) in [6.45, 7) is 1.48. The van der Waals surface area contributed by atoms with Crippen molar-refractivity contribution in [3.8, 4) is 23.8 Å². The number of hydrogen-bond acceptors (Lipinski definition) is 7. The average molecular weight is 454 g/mol. The largest absolute Gasteiger partial charge is 0.493 e. The Morgan fingerprint density at radius 3 is 2.74 bits per heavy atom. The Kier molecular flexibility index (Phi) is 7.33. The summed E-state index contributed by atoms with van der Waals surface area (Å²) >= 11 is 4.14. The van der Waals surface area contributed by atoms with E-state index in [0.717, 1.165) is 16.7 Å². The number of hydrogen-bond donors (Lipinski definition) is 0. The van der Waals surface area contributed by atoms with Gasteiger partial charge in [-0.15, -0.1) is 6.42 Å². The molecule has 0 radical (unpaired) electrons. The van der Waals surface area contributed by atoms with Gasteiger partial charge in [0.25, 0.3) is 11.1 Å². The van der Waals surface area contributed by atoms with E-state index >= 15 is 0 Å². The van der Waals surface area contributed by atoms with Gasteiger partial charge in [-0.25, -0.2) is 0 Å². The number of carbonyl (C=O) groups excluding carboxylic acids is 3. The molecule has 0 unspecified atom stereocenters. The molecular weight excluding hydrogens is 438 g/mol. The van der Waals surface area contributed by atoms with Gasteiger partial charge in [-0.05, 0) is 42.5 Å². The first-order valence-corrected chi connectivity index (χ1v) is 9.37. The van der Waals surface area contributed by atoms with Gasteiger partial charge in [0.15, 0.2) is 11.5 Å². The van der Waals surface area contributed by atoms with E-state index in [1.165, 1.54) is 13.2 Å². The Balaban J connectivity index is 2.28. The lowest BCUT2D eigenvalue weighted by Crippen LogP contribution is -2.34. The second-order valence-electron chi connectivity index (χ2n) is 5.09. The summed E-state index contributed by atoms with van der Waals surface area (Å²) in [5.74, 6) is 2.03. The molecule has 2 amide bonds. The molecule has 0 bridgehead atoms. The highest BCUT2D eigenvalue weighted by molar-refractivity contribution is 9.10. The molecule has 0 aliphatic carbocycles. The first-order chi connectivity index (χ1) is 12.9. The summed E-state index contributed by atoms with van der Waals surface area (Å²) in [5.41, 5.74) is 0.599. The summed E-state index contributed by atoms with van der Waals surface area (Å²) in [7, 11) is 1.48. The molecule has 1 heterocycles. The van der Waals surface area contributed by atoms with E-state index in [0.29, 0.717) is 21.5 Å². The lowest BCUT2D eigenvalue weighted by atomic mass is 10.2. The van der Waals surface area contributed by atoms with Crippen LogP contribution in [0.2, 0.25) is 0 Å². The molecule has 0 atom stereocenters. The van der Waals surface area contributed by atoms with Crippen LogP contribution in [0, 0.1) is 12.3 Å². The molecule has 1 aromatic carbocycles. The van der Waals surface area contributed by atoms with Crippen molar-refractivity contribution < 1.29 is 28.6 Å². The van der Waals surface area contributed by atoms with Crippen LogP contribution in [0.5, 0.6) is 11.5 Å². The van der Waals surface area contributed by atoms with Crippen LogP contribution in [0.4, 0.5) is 4.79 Å². The number of terminal acetylenes is 1. The lowest BCUT2D eigenvalue weighted by molar-refractivity contribution is -0.145. The zero-order chi connectivity index (χ0) is 20.0. The van der Waals surface area contributed by atoms with Crippen LogP contribution >= 0.6 is 27.7 Å². The summed E-state index contributed by atoms with van der Waals surface area (Å²) < 4.78 is 16.1. The summed E-state index contributed by atoms with van der Waals surface area (Å²) in [5, 5.41) is -0.531. The van der Waals surface area contributed by atoms with Crippen LogP contribution in [0.1, 0.15) is 12.5 Å². The average Bonchev–Trinajstić information content (AvgIpc) is 2.89. The molecule has 7 nitrogen and oxygen atoms in total. The number of ether oxygens (including phenoxy) is 3. The van der Waals surface area contributed by atoms with Crippen molar-refractivity contribution in [2.45, 2.75) is 6.92 Å². The summed E-state index contributed by atoms with van der Waals surface area (Å²) in [6.07, 6.45) is 6.73. The van der Waals surface area contributed by atoms with E-state index in [2.05, 4.69) is 21.9 Å². The maximum absolute atomic E-state index is 12.4. The van der Waals surface area contributed by atoms with Crippen molar-refractivity contribution in [1.82, 2.24) is 4.90 Å². The molecule has 1 aliphatic rings. The van der Waals surface area contributed by atoms with E-state index in [4.69, 9.17) is 20.6 Å². The predicted molar refractivity (Wildman–Crippen MR) is 104 cm³/mol. The molecule has 1 saturated heterocycles. The Morgan fingerprint density at radius 1 is 1.37 bits per heavy atom. The number of benzene rings is 1. The first kappa shape index (κ1) is 20.9. The van der Waals surface area contributed by atoms with Gasteiger partial charge < -0.3 is 14.2 Å². The molecule has 9 heteroatoms. The molecule has 142 valence electrons. The fourth-order valence-electron chi connectivity index (χ4n) is 2.17. The minimum absolute atomic E-state index is 0.0783.